The average molecular weight is 130 g/mol. The molecular formula is C6H14N2O. The van der Waals surface area contributed by atoms with Gasteiger partial charge in [0.25, 0.3) is 0 Å². The molecule has 0 bridgehead atoms. The van der Waals surface area contributed by atoms with Gasteiger partial charge in [0.05, 0.1) is 6.10 Å². The van der Waals surface area contributed by atoms with E-state index in [2.05, 4.69) is 10.2 Å². The second-order valence-corrected chi connectivity index (χ2v) is 2.54. The van der Waals surface area contributed by atoms with Crippen LogP contribution in [0.25, 0.3) is 0 Å². The first-order valence-corrected chi connectivity index (χ1v) is 3.43. The molecule has 54 valence electrons. The number of nitrogens with one attached hydrogen (secondary N) is 1. The topological polar surface area (TPSA) is 47.3 Å². The number of rotatable bonds is 2. The van der Waals surface area contributed by atoms with Crippen molar-refractivity contribution in [2.75, 3.05) is 6.54 Å². The van der Waals surface area contributed by atoms with Gasteiger partial charge in [-0.15, -0.1) is 0 Å². The third-order valence-electron chi connectivity index (χ3n) is 1.88. The number of nitrogens with two attached hydrogens (primary N) is 1. The molecule has 3 nitrogen and oxygen atoms in total. The minimum Gasteiger partial charge on any atom is -0.311 e. The quantitative estimate of drug-likeness (QED) is 0.518. The predicted octanol–water partition coefficient (Wildman–Crippen LogP) is 0.0172. The molecule has 3 heteroatoms. The van der Waals surface area contributed by atoms with Crippen molar-refractivity contribution >= 4 is 0 Å². The van der Waals surface area contributed by atoms with E-state index in [1.54, 1.807) is 0 Å². The van der Waals surface area contributed by atoms with Gasteiger partial charge in [-0.25, -0.2) is 5.90 Å². The summed E-state index contributed by atoms with van der Waals surface area (Å²) in [6.45, 7) is 3.10. The fourth-order valence-corrected chi connectivity index (χ4v) is 1.21. The van der Waals surface area contributed by atoms with E-state index in [4.69, 9.17) is 5.90 Å². The van der Waals surface area contributed by atoms with Crippen molar-refractivity contribution in [2.24, 2.45) is 5.90 Å². The Morgan fingerprint density at radius 3 is 3.00 bits per heavy atom. The summed E-state index contributed by atoms with van der Waals surface area (Å²) in [4.78, 5) is 4.67. The Labute approximate surface area is 55.5 Å². The third kappa shape index (κ3) is 1.64. The van der Waals surface area contributed by atoms with Crippen LogP contribution in [-0.2, 0) is 4.84 Å². The van der Waals surface area contributed by atoms with Crippen LogP contribution >= 0.6 is 0 Å². The zero-order valence-corrected chi connectivity index (χ0v) is 5.76. The number of hydrogen-bond donors (Lipinski definition) is 2. The van der Waals surface area contributed by atoms with Gasteiger partial charge in [0.1, 0.15) is 0 Å². The zero-order chi connectivity index (χ0) is 6.69. The molecule has 9 heavy (non-hydrogen) atoms. The molecule has 0 aromatic heterocycles. The highest BCUT2D eigenvalue weighted by Crippen LogP contribution is 2.09. The standard InChI is InChI=1S/C6H14N2O/c1-5(9-7)6-3-2-4-8-6/h5-6,8H,2-4,7H2,1H3. The summed E-state index contributed by atoms with van der Waals surface area (Å²) < 4.78 is 0. The zero-order valence-electron chi connectivity index (χ0n) is 5.76. The van der Waals surface area contributed by atoms with E-state index in [0.29, 0.717) is 6.04 Å². The molecule has 2 atom stereocenters. The minimum atomic E-state index is 0.160. The van der Waals surface area contributed by atoms with Gasteiger partial charge in [-0.05, 0) is 26.3 Å². The molecule has 0 aromatic carbocycles. The highest BCUT2D eigenvalue weighted by atomic mass is 16.6. The van der Waals surface area contributed by atoms with Gasteiger partial charge in [-0.2, -0.15) is 0 Å². The maximum absolute atomic E-state index is 5.01. The maximum Gasteiger partial charge on any atom is 0.0911 e. The Bertz CT molecular complexity index is 81.1. The number of hydrogen-bond acceptors (Lipinski definition) is 3. The van der Waals surface area contributed by atoms with Gasteiger partial charge in [-0.1, -0.05) is 0 Å². The van der Waals surface area contributed by atoms with Crippen LogP contribution in [0.1, 0.15) is 19.8 Å². The second-order valence-electron chi connectivity index (χ2n) is 2.54. The van der Waals surface area contributed by atoms with E-state index < -0.39 is 0 Å². The van der Waals surface area contributed by atoms with E-state index in [0.717, 1.165) is 6.54 Å². The van der Waals surface area contributed by atoms with Crippen molar-refractivity contribution in [3.05, 3.63) is 0 Å². The summed E-state index contributed by atoms with van der Waals surface area (Å²) in [6, 6.07) is 0.481. The van der Waals surface area contributed by atoms with Crippen LogP contribution in [0.3, 0.4) is 0 Å². The normalized spacial score (nSPS) is 30.7. The van der Waals surface area contributed by atoms with Crippen LogP contribution in [0.4, 0.5) is 0 Å². The first-order valence-electron chi connectivity index (χ1n) is 3.43. The molecule has 1 aliphatic rings. The van der Waals surface area contributed by atoms with Crippen LogP contribution in [0, 0.1) is 0 Å². The van der Waals surface area contributed by atoms with Crippen molar-refractivity contribution in [3.63, 3.8) is 0 Å². The molecule has 0 aliphatic carbocycles. The Morgan fingerprint density at radius 1 is 1.78 bits per heavy atom. The maximum atomic E-state index is 5.01. The molecule has 0 saturated carbocycles. The molecule has 3 N–H and O–H groups in total. The van der Waals surface area contributed by atoms with E-state index in [-0.39, 0.29) is 6.10 Å². The van der Waals surface area contributed by atoms with Crippen LogP contribution in [0.15, 0.2) is 0 Å². The summed E-state index contributed by atoms with van der Waals surface area (Å²) in [5, 5.41) is 3.30. The first kappa shape index (κ1) is 6.99. The van der Waals surface area contributed by atoms with Crippen molar-refractivity contribution in [1.29, 1.82) is 0 Å². The Hall–Kier alpha value is -0.120. The lowest BCUT2D eigenvalue weighted by atomic mass is 10.1. The van der Waals surface area contributed by atoms with Gasteiger partial charge < -0.3 is 5.32 Å². The molecular weight excluding hydrogens is 116 g/mol. The summed E-state index contributed by atoms with van der Waals surface area (Å²) in [5.41, 5.74) is 0. The van der Waals surface area contributed by atoms with E-state index in [1.165, 1.54) is 12.8 Å². The first-order chi connectivity index (χ1) is 4.34. The highest BCUT2D eigenvalue weighted by Gasteiger charge is 2.20. The molecule has 1 heterocycles. The lowest BCUT2D eigenvalue weighted by molar-refractivity contribution is 0.0435. The average Bonchev–Trinajstić information content (AvgIpc) is 2.37. The summed E-state index contributed by atoms with van der Waals surface area (Å²) in [5.74, 6) is 5.01. The van der Waals surface area contributed by atoms with E-state index in [1.807, 2.05) is 6.92 Å². The molecule has 1 saturated heterocycles. The Kier molecular flexibility index (Phi) is 2.45. The monoisotopic (exact) mass is 130 g/mol. The minimum absolute atomic E-state index is 0.160. The van der Waals surface area contributed by atoms with Crippen molar-refractivity contribution in [3.8, 4) is 0 Å². The molecule has 2 unspecified atom stereocenters. The van der Waals surface area contributed by atoms with Crippen LogP contribution in [0.5, 0.6) is 0 Å². The van der Waals surface area contributed by atoms with Crippen molar-refractivity contribution in [1.82, 2.24) is 5.32 Å². The Balaban J connectivity index is 2.24. The van der Waals surface area contributed by atoms with Crippen molar-refractivity contribution in [2.45, 2.75) is 31.9 Å². The van der Waals surface area contributed by atoms with Gasteiger partial charge >= 0.3 is 0 Å². The SMILES string of the molecule is CC(ON)C1CCCN1. The van der Waals surface area contributed by atoms with Crippen LogP contribution < -0.4 is 11.2 Å². The summed E-state index contributed by atoms with van der Waals surface area (Å²) >= 11 is 0. The lowest BCUT2D eigenvalue weighted by Crippen LogP contribution is -2.36. The fraction of sp³-hybridized carbons (Fsp3) is 1.00. The van der Waals surface area contributed by atoms with Gasteiger partial charge in [0.15, 0.2) is 0 Å². The predicted molar refractivity (Wildman–Crippen MR) is 35.8 cm³/mol. The highest BCUT2D eigenvalue weighted by molar-refractivity contribution is 4.78. The molecule has 1 aliphatic heterocycles. The summed E-state index contributed by atoms with van der Waals surface area (Å²) in [7, 11) is 0. The summed E-state index contributed by atoms with van der Waals surface area (Å²) in [6.07, 6.45) is 2.60. The molecule has 1 rings (SSSR count). The van der Waals surface area contributed by atoms with E-state index >= 15 is 0 Å². The second kappa shape index (κ2) is 3.15. The van der Waals surface area contributed by atoms with Crippen LogP contribution in [-0.4, -0.2) is 18.7 Å². The largest absolute Gasteiger partial charge is 0.311 e. The lowest BCUT2D eigenvalue weighted by Gasteiger charge is -2.15. The van der Waals surface area contributed by atoms with Gasteiger partial charge in [0.2, 0.25) is 0 Å². The van der Waals surface area contributed by atoms with Crippen LogP contribution in [0.2, 0.25) is 0 Å². The van der Waals surface area contributed by atoms with Gasteiger partial charge in [-0.3, -0.25) is 4.84 Å². The fourth-order valence-electron chi connectivity index (χ4n) is 1.21. The molecule has 0 aromatic rings. The molecule has 1 fully saturated rings. The van der Waals surface area contributed by atoms with E-state index in [9.17, 15) is 0 Å². The third-order valence-corrected chi connectivity index (χ3v) is 1.88. The van der Waals surface area contributed by atoms with Gasteiger partial charge in [0, 0.05) is 6.04 Å². The molecule has 0 spiro atoms. The Morgan fingerprint density at radius 2 is 2.56 bits per heavy atom. The molecule has 0 radical (unpaired) electrons. The molecule has 0 amide bonds. The smallest absolute Gasteiger partial charge is 0.0911 e. The van der Waals surface area contributed by atoms with Crippen molar-refractivity contribution < 1.29 is 4.84 Å².